The number of carbonyl (C=O) groups excluding carboxylic acids is 1. The molecule has 2 amide bonds. The van der Waals surface area contributed by atoms with Crippen LogP contribution in [-0.2, 0) is 6.54 Å². The van der Waals surface area contributed by atoms with Crippen molar-refractivity contribution in [3.8, 4) is 5.88 Å². The number of likely N-dealkylation sites (tertiary alicyclic amines) is 1. The van der Waals surface area contributed by atoms with Crippen molar-refractivity contribution in [3.63, 3.8) is 0 Å². The molecule has 0 radical (unpaired) electrons. The van der Waals surface area contributed by atoms with E-state index in [4.69, 9.17) is 4.74 Å². The number of rotatable bonds is 4. The number of nitrogens with one attached hydrogen (secondary N) is 1. The maximum Gasteiger partial charge on any atom is 0.318 e. The van der Waals surface area contributed by atoms with Crippen LogP contribution >= 0.6 is 0 Å². The molecule has 2 heterocycles. The van der Waals surface area contributed by atoms with Crippen molar-refractivity contribution in [1.29, 1.82) is 0 Å². The summed E-state index contributed by atoms with van der Waals surface area (Å²) in [7, 11) is 1.53. The van der Waals surface area contributed by atoms with Crippen LogP contribution in [0.25, 0.3) is 0 Å². The Morgan fingerprint density at radius 2 is 2.16 bits per heavy atom. The Bertz CT molecular complexity index is 770. The molecule has 3 rings (SSSR count). The van der Waals surface area contributed by atoms with Gasteiger partial charge in [-0.3, -0.25) is 0 Å². The summed E-state index contributed by atoms with van der Waals surface area (Å²) in [5, 5.41) is 2.82. The van der Waals surface area contributed by atoms with Gasteiger partial charge in [0.25, 0.3) is 0 Å². The average Bonchev–Trinajstić information content (AvgIpc) is 3.12. The lowest BCUT2D eigenvalue weighted by atomic mass is 10.0. The standard InChI is InChI=1S/C18H19F2N3O2/c1-25-17-6-2-4-13(22-17)11-21-18(24)23-9-3-5-16(23)12-7-8-14(19)15(20)10-12/h2,4,6-8,10,16H,3,5,9,11H2,1H3,(H,21,24). The predicted molar refractivity (Wildman–Crippen MR) is 88.1 cm³/mol. The third kappa shape index (κ3) is 3.87. The molecule has 1 fully saturated rings. The average molecular weight is 347 g/mol. The number of benzene rings is 1. The summed E-state index contributed by atoms with van der Waals surface area (Å²) in [6, 6.07) is 8.59. The molecule has 1 aromatic heterocycles. The number of urea groups is 1. The molecule has 0 spiro atoms. The van der Waals surface area contributed by atoms with Crippen LogP contribution < -0.4 is 10.1 Å². The molecule has 1 aliphatic rings. The lowest BCUT2D eigenvalue weighted by molar-refractivity contribution is 0.192. The van der Waals surface area contributed by atoms with E-state index in [0.29, 0.717) is 23.7 Å². The first kappa shape index (κ1) is 17.1. The van der Waals surface area contributed by atoms with E-state index < -0.39 is 11.6 Å². The van der Waals surface area contributed by atoms with Gasteiger partial charge in [-0.15, -0.1) is 0 Å². The summed E-state index contributed by atoms with van der Waals surface area (Å²) >= 11 is 0. The van der Waals surface area contributed by atoms with Gasteiger partial charge in [-0.25, -0.2) is 18.6 Å². The molecule has 0 aliphatic carbocycles. The Labute approximate surface area is 144 Å². The molecule has 25 heavy (non-hydrogen) atoms. The number of methoxy groups -OCH3 is 1. The SMILES string of the molecule is COc1cccc(CNC(=O)N2CCCC2c2ccc(F)c(F)c2)n1. The van der Waals surface area contributed by atoms with Gasteiger partial charge in [0.15, 0.2) is 11.6 Å². The highest BCUT2D eigenvalue weighted by molar-refractivity contribution is 5.75. The van der Waals surface area contributed by atoms with Gasteiger partial charge in [-0.2, -0.15) is 0 Å². The summed E-state index contributed by atoms with van der Waals surface area (Å²) in [5.74, 6) is -1.31. The second kappa shape index (κ2) is 7.46. The number of halogens is 2. The van der Waals surface area contributed by atoms with Crippen LogP contribution in [0, 0.1) is 11.6 Å². The maximum absolute atomic E-state index is 13.5. The Hall–Kier alpha value is -2.70. The van der Waals surface area contributed by atoms with Gasteiger partial charge in [-0.1, -0.05) is 12.1 Å². The zero-order chi connectivity index (χ0) is 17.8. The maximum atomic E-state index is 13.5. The molecule has 1 unspecified atom stereocenters. The van der Waals surface area contributed by atoms with Crippen molar-refractivity contribution < 1.29 is 18.3 Å². The molecule has 0 bridgehead atoms. The van der Waals surface area contributed by atoms with E-state index in [-0.39, 0.29) is 18.6 Å². The molecule has 0 saturated carbocycles. The molecule has 1 aliphatic heterocycles. The topological polar surface area (TPSA) is 54.5 Å². The van der Waals surface area contributed by atoms with Crippen molar-refractivity contribution in [3.05, 3.63) is 59.3 Å². The van der Waals surface area contributed by atoms with Crippen molar-refractivity contribution in [2.75, 3.05) is 13.7 Å². The second-order valence-electron chi connectivity index (χ2n) is 5.85. The fraction of sp³-hybridized carbons (Fsp3) is 0.333. The van der Waals surface area contributed by atoms with Gasteiger partial charge in [-0.05, 0) is 36.6 Å². The van der Waals surface area contributed by atoms with E-state index in [2.05, 4.69) is 10.3 Å². The van der Waals surface area contributed by atoms with E-state index in [1.165, 1.54) is 13.2 Å². The number of hydrogen-bond donors (Lipinski definition) is 1. The summed E-state index contributed by atoms with van der Waals surface area (Å²) < 4.78 is 31.7. The third-order valence-corrected chi connectivity index (χ3v) is 4.25. The summed E-state index contributed by atoms with van der Waals surface area (Å²) in [5.41, 5.74) is 1.28. The molecular weight excluding hydrogens is 328 g/mol. The van der Waals surface area contributed by atoms with E-state index in [1.807, 2.05) is 0 Å². The minimum atomic E-state index is -0.898. The zero-order valence-corrected chi connectivity index (χ0v) is 13.8. The minimum Gasteiger partial charge on any atom is -0.481 e. The van der Waals surface area contributed by atoms with E-state index in [9.17, 15) is 13.6 Å². The highest BCUT2D eigenvalue weighted by atomic mass is 19.2. The fourth-order valence-corrected chi connectivity index (χ4v) is 3.01. The van der Waals surface area contributed by atoms with E-state index >= 15 is 0 Å². The largest absolute Gasteiger partial charge is 0.481 e. The molecular formula is C18H19F2N3O2. The number of nitrogens with zero attached hydrogens (tertiary/aromatic N) is 2. The van der Waals surface area contributed by atoms with E-state index in [0.717, 1.165) is 25.0 Å². The number of pyridine rings is 1. The van der Waals surface area contributed by atoms with Crippen molar-refractivity contribution >= 4 is 6.03 Å². The Morgan fingerprint density at radius 1 is 1.32 bits per heavy atom. The van der Waals surface area contributed by atoms with Gasteiger partial charge >= 0.3 is 6.03 Å². The molecule has 1 atom stereocenters. The first-order valence-electron chi connectivity index (χ1n) is 8.08. The molecule has 1 N–H and O–H groups in total. The first-order chi connectivity index (χ1) is 12.1. The van der Waals surface area contributed by atoms with Crippen molar-refractivity contribution in [2.24, 2.45) is 0 Å². The van der Waals surface area contributed by atoms with Crippen LogP contribution in [0.1, 0.15) is 30.1 Å². The summed E-state index contributed by atoms with van der Waals surface area (Å²) in [6.07, 6.45) is 1.53. The molecule has 2 aromatic rings. The smallest absolute Gasteiger partial charge is 0.318 e. The van der Waals surface area contributed by atoms with Crippen LogP contribution in [0.5, 0.6) is 5.88 Å². The number of amides is 2. The van der Waals surface area contributed by atoms with Crippen LogP contribution in [0.3, 0.4) is 0 Å². The van der Waals surface area contributed by atoms with E-state index in [1.54, 1.807) is 23.1 Å². The van der Waals surface area contributed by atoms with Gasteiger partial charge in [0.05, 0.1) is 25.4 Å². The summed E-state index contributed by atoms with van der Waals surface area (Å²) in [4.78, 5) is 18.4. The van der Waals surface area contributed by atoms with Crippen LogP contribution in [0.15, 0.2) is 36.4 Å². The highest BCUT2D eigenvalue weighted by Crippen LogP contribution is 2.32. The molecule has 132 valence electrons. The molecule has 7 heteroatoms. The lowest BCUT2D eigenvalue weighted by Gasteiger charge is -2.25. The van der Waals surface area contributed by atoms with Gasteiger partial charge in [0.1, 0.15) is 0 Å². The third-order valence-electron chi connectivity index (χ3n) is 4.25. The second-order valence-corrected chi connectivity index (χ2v) is 5.85. The monoisotopic (exact) mass is 347 g/mol. The fourth-order valence-electron chi connectivity index (χ4n) is 3.01. The van der Waals surface area contributed by atoms with Crippen LogP contribution in [-0.4, -0.2) is 29.6 Å². The Morgan fingerprint density at radius 3 is 2.92 bits per heavy atom. The normalized spacial score (nSPS) is 16.8. The first-order valence-corrected chi connectivity index (χ1v) is 8.08. The van der Waals surface area contributed by atoms with Crippen LogP contribution in [0.4, 0.5) is 13.6 Å². The lowest BCUT2D eigenvalue weighted by Crippen LogP contribution is -2.39. The number of ether oxygens (including phenoxy) is 1. The Balaban J connectivity index is 1.67. The van der Waals surface area contributed by atoms with Crippen molar-refractivity contribution in [2.45, 2.75) is 25.4 Å². The minimum absolute atomic E-state index is 0.253. The molecule has 1 aromatic carbocycles. The predicted octanol–water partition coefficient (Wildman–Crippen LogP) is 3.42. The number of carbonyl (C=O) groups is 1. The quantitative estimate of drug-likeness (QED) is 0.922. The van der Waals surface area contributed by atoms with Crippen molar-refractivity contribution in [1.82, 2.24) is 15.2 Å². The van der Waals surface area contributed by atoms with Gasteiger partial charge in [0.2, 0.25) is 5.88 Å². The van der Waals surface area contributed by atoms with Gasteiger partial charge in [0, 0.05) is 12.6 Å². The summed E-state index contributed by atoms with van der Waals surface area (Å²) in [6.45, 7) is 0.831. The van der Waals surface area contributed by atoms with Crippen LogP contribution in [0.2, 0.25) is 0 Å². The Kier molecular flexibility index (Phi) is 5.11. The highest BCUT2D eigenvalue weighted by Gasteiger charge is 2.30. The number of aromatic nitrogens is 1. The molecule has 1 saturated heterocycles. The number of hydrogen-bond acceptors (Lipinski definition) is 3. The van der Waals surface area contributed by atoms with Gasteiger partial charge < -0.3 is 15.0 Å². The zero-order valence-electron chi connectivity index (χ0n) is 13.8. The molecule has 5 nitrogen and oxygen atoms in total.